The van der Waals surface area contributed by atoms with Crippen LogP contribution >= 0.6 is 0 Å². The molecule has 0 aliphatic rings. The van der Waals surface area contributed by atoms with Gasteiger partial charge >= 0.3 is 0 Å². The van der Waals surface area contributed by atoms with E-state index in [4.69, 9.17) is 4.74 Å². The summed E-state index contributed by atoms with van der Waals surface area (Å²) in [4.78, 5) is 4.48. The lowest BCUT2D eigenvalue weighted by molar-refractivity contribution is 0.184. The van der Waals surface area contributed by atoms with E-state index in [2.05, 4.69) is 29.0 Å². The number of hydrogen-bond donors (Lipinski definition) is 0. The normalized spacial score (nSPS) is 10.7. The first-order valence-electron chi connectivity index (χ1n) is 10.0. The molecule has 1 aromatic heterocycles. The Morgan fingerprint density at radius 1 is 0.806 bits per heavy atom. The van der Waals surface area contributed by atoms with Crippen molar-refractivity contribution >= 4 is 10.8 Å². The first-order chi connectivity index (χ1) is 15.1. The van der Waals surface area contributed by atoms with Gasteiger partial charge in [-0.25, -0.2) is 8.78 Å². The molecule has 0 bridgehead atoms. The van der Waals surface area contributed by atoms with Gasteiger partial charge in [-0.3, -0.25) is 4.98 Å². The third kappa shape index (κ3) is 5.14. The molecule has 4 heteroatoms. The summed E-state index contributed by atoms with van der Waals surface area (Å²) in [5, 5.41) is 0.891. The molecule has 154 valence electrons. The van der Waals surface area contributed by atoms with Gasteiger partial charge in [-0.05, 0) is 65.8 Å². The van der Waals surface area contributed by atoms with Gasteiger partial charge in [0.25, 0.3) is 0 Å². The third-order valence-corrected chi connectivity index (χ3v) is 5.08. The number of ether oxygens (including phenoxy) is 1. The van der Waals surface area contributed by atoms with Crippen LogP contribution in [0, 0.1) is 23.5 Å². The minimum atomic E-state index is -0.842. The number of halogens is 2. The fourth-order valence-corrected chi connectivity index (χ4v) is 3.37. The molecular weight excluding hydrogens is 392 g/mol. The van der Waals surface area contributed by atoms with E-state index >= 15 is 0 Å². The largest absolute Gasteiger partial charge is 0.380 e. The van der Waals surface area contributed by atoms with Crippen molar-refractivity contribution < 1.29 is 13.5 Å². The minimum Gasteiger partial charge on any atom is -0.380 e. The maximum absolute atomic E-state index is 13.8. The number of fused-ring (bicyclic) bond motifs is 1. The maximum Gasteiger partial charge on any atom is 0.166 e. The summed E-state index contributed by atoms with van der Waals surface area (Å²) in [7, 11) is 1.67. The van der Waals surface area contributed by atoms with E-state index in [0.29, 0.717) is 12.0 Å². The van der Waals surface area contributed by atoms with E-state index < -0.39 is 11.6 Å². The van der Waals surface area contributed by atoms with Gasteiger partial charge < -0.3 is 4.74 Å². The quantitative estimate of drug-likeness (QED) is 0.383. The van der Waals surface area contributed by atoms with Crippen molar-refractivity contribution in [1.29, 1.82) is 0 Å². The highest BCUT2D eigenvalue weighted by Gasteiger charge is 2.06. The summed E-state index contributed by atoms with van der Waals surface area (Å²) in [6.45, 7) is 0.574. The predicted molar refractivity (Wildman–Crippen MR) is 119 cm³/mol. The summed E-state index contributed by atoms with van der Waals surface area (Å²) >= 11 is 0. The molecule has 4 rings (SSSR count). The SMILES string of the molecule is COCc1ccc(CCc2ccc(C#Cc3ccc4c(F)c(F)ccc4c3)cc2)nc1. The number of aromatic nitrogens is 1. The smallest absolute Gasteiger partial charge is 0.166 e. The van der Waals surface area contributed by atoms with Gasteiger partial charge in [-0.15, -0.1) is 0 Å². The van der Waals surface area contributed by atoms with Crippen LogP contribution in [0.2, 0.25) is 0 Å². The summed E-state index contributed by atoms with van der Waals surface area (Å²) < 4.78 is 32.3. The van der Waals surface area contributed by atoms with E-state index in [9.17, 15) is 8.78 Å². The molecule has 31 heavy (non-hydrogen) atoms. The van der Waals surface area contributed by atoms with E-state index in [1.54, 1.807) is 31.4 Å². The van der Waals surface area contributed by atoms with Crippen LogP contribution in [0.1, 0.15) is 27.9 Å². The second kappa shape index (κ2) is 9.51. The Morgan fingerprint density at radius 3 is 2.29 bits per heavy atom. The average molecular weight is 413 g/mol. The zero-order valence-electron chi connectivity index (χ0n) is 17.2. The number of pyridine rings is 1. The molecule has 3 aromatic carbocycles. The molecule has 0 atom stereocenters. The molecular formula is C27H21F2NO. The van der Waals surface area contributed by atoms with E-state index in [1.165, 1.54) is 5.56 Å². The fraction of sp³-hybridized carbons (Fsp3) is 0.148. The molecule has 0 N–H and O–H groups in total. The minimum absolute atomic E-state index is 0.262. The number of hydrogen-bond acceptors (Lipinski definition) is 2. The predicted octanol–water partition coefficient (Wildman–Crippen LogP) is 5.84. The van der Waals surface area contributed by atoms with Crippen LogP contribution in [0.3, 0.4) is 0 Å². The highest BCUT2D eigenvalue weighted by atomic mass is 19.2. The number of nitrogens with zero attached hydrogens (tertiary/aromatic N) is 1. The highest BCUT2D eigenvalue weighted by Crippen LogP contribution is 2.21. The zero-order valence-corrected chi connectivity index (χ0v) is 17.2. The molecule has 2 nitrogen and oxygen atoms in total. The third-order valence-electron chi connectivity index (χ3n) is 5.08. The van der Waals surface area contributed by atoms with Crippen molar-refractivity contribution in [3.8, 4) is 11.8 Å². The lowest BCUT2D eigenvalue weighted by Crippen LogP contribution is -1.96. The first kappa shape index (κ1) is 20.7. The van der Waals surface area contributed by atoms with Crippen LogP contribution in [0.15, 0.2) is 72.9 Å². The Labute approximate surface area is 180 Å². The Hall–Kier alpha value is -3.55. The van der Waals surface area contributed by atoms with Crippen LogP contribution in [0.25, 0.3) is 10.8 Å². The van der Waals surface area contributed by atoms with Crippen LogP contribution in [0.4, 0.5) is 8.78 Å². The lowest BCUT2D eigenvalue weighted by atomic mass is 10.0. The molecule has 0 aliphatic heterocycles. The molecule has 1 heterocycles. The summed E-state index contributed by atoms with van der Waals surface area (Å²) in [5.41, 5.74) is 4.99. The average Bonchev–Trinajstić information content (AvgIpc) is 2.80. The zero-order chi connectivity index (χ0) is 21.6. The van der Waals surface area contributed by atoms with Gasteiger partial charge in [-0.2, -0.15) is 0 Å². The summed E-state index contributed by atoms with van der Waals surface area (Å²) in [6.07, 6.45) is 3.62. The molecule has 0 fully saturated rings. The second-order valence-electron chi connectivity index (χ2n) is 7.34. The van der Waals surface area contributed by atoms with Gasteiger partial charge in [-0.1, -0.05) is 42.2 Å². The topological polar surface area (TPSA) is 22.1 Å². The molecule has 0 amide bonds. The van der Waals surface area contributed by atoms with Gasteiger partial charge in [0.1, 0.15) is 0 Å². The van der Waals surface area contributed by atoms with E-state index in [0.717, 1.165) is 41.3 Å². The van der Waals surface area contributed by atoms with Crippen molar-refractivity contribution in [1.82, 2.24) is 4.98 Å². The van der Waals surface area contributed by atoms with Gasteiger partial charge in [0, 0.05) is 35.5 Å². The van der Waals surface area contributed by atoms with Crippen molar-refractivity contribution in [2.45, 2.75) is 19.4 Å². The van der Waals surface area contributed by atoms with Crippen molar-refractivity contribution in [3.63, 3.8) is 0 Å². The van der Waals surface area contributed by atoms with E-state index in [-0.39, 0.29) is 5.39 Å². The molecule has 0 spiro atoms. The molecule has 4 aromatic rings. The lowest BCUT2D eigenvalue weighted by Gasteiger charge is -2.04. The molecule has 0 radical (unpaired) electrons. The number of benzene rings is 3. The molecule has 0 aliphatic carbocycles. The fourth-order valence-electron chi connectivity index (χ4n) is 3.37. The van der Waals surface area contributed by atoms with Gasteiger partial charge in [0.05, 0.1) is 6.61 Å². The van der Waals surface area contributed by atoms with Crippen molar-refractivity contribution in [2.24, 2.45) is 0 Å². The first-order valence-corrected chi connectivity index (χ1v) is 10.0. The van der Waals surface area contributed by atoms with Crippen LogP contribution in [0.5, 0.6) is 0 Å². The summed E-state index contributed by atoms with van der Waals surface area (Å²) in [6, 6.07) is 20.0. The molecule has 0 unspecified atom stereocenters. The monoisotopic (exact) mass is 413 g/mol. The summed E-state index contributed by atoms with van der Waals surface area (Å²) in [5.74, 6) is 4.55. The van der Waals surface area contributed by atoms with Crippen LogP contribution in [-0.4, -0.2) is 12.1 Å². The Morgan fingerprint density at radius 2 is 1.55 bits per heavy atom. The van der Waals surface area contributed by atoms with Crippen molar-refractivity contribution in [3.05, 3.63) is 113 Å². The Bertz CT molecular complexity index is 1250. The molecule has 0 saturated heterocycles. The maximum atomic E-state index is 13.8. The van der Waals surface area contributed by atoms with Crippen LogP contribution < -0.4 is 0 Å². The second-order valence-corrected chi connectivity index (χ2v) is 7.34. The number of rotatable bonds is 5. The number of methoxy groups -OCH3 is 1. The molecule has 0 saturated carbocycles. The number of aryl methyl sites for hydroxylation is 2. The Balaban J connectivity index is 1.40. The standard InChI is InChI=1S/C27H21F2NO/c1-31-18-22-9-13-24(30-17-22)12-8-20-4-2-19(3-5-20)6-7-21-10-14-25-23(16-21)11-15-26(28)27(25)29/h2-5,9-11,13-17H,8,12,18H2,1H3. The van der Waals surface area contributed by atoms with Crippen molar-refractivity contribution in [2.75, 3.05) is 7.11 Å². The van der Waals surface area contributed by atoms with Crippen LogP contribution in [-0.2, 0) is 24.2 Å². The van der Waals surface area contributed by atoms with E-state index in [1.807, 2.05) is 30.5 Å². The van der Waals surface area contributed by atoms with Gasteiger partial charge in [0.2, 0.25) is 0 Å². The highest BCUT2D eigenvalue weighted by molar-refractivity contribution is 5.84. The Kier molecular flexibility index (Phi) is 6.35. The van der Waals surface area contributed by atoms with Gasteiger partial charge in [0.15, 0.2) is 11.6 Å².